The van der Waals surface area contributed by atoms with E-state index >= 15 is 0 Å². The molecule has 0 heterocycles. The SMILES string of the molecule is CCN(CC)C(=O)CC1Cc2c(C)cccc2-c2ccccc21. The van der Waals surface area contributed by atoms with Gasteiger partial charge in [-0.25, -0.2) is 0 Å². The van der Waals surface area contributed by atoms with Gasteiger partial charge in [0.15, 0.2) is 0 Å². The van der Waals surface area contributed by atoms with Crippen molar-refractivity contribution in [1.82, 2.24) is 4.90 Å². The van der Waals surface area contributed by atoms with Crippen LogP contribution in [-0.2, 0) is 11.2 Å². The first kappa shape index (κ1) is 15.8. The molecule has 2 aromatic carbocycles. The van der Waals surface area contributed by atoms with E-state index in [0.29, 0.717) is 6.42 Å². The van der Waals surface area contributed by atoms with Gasteiger partial charge in [0, 0.05) is 19.5 Å². The summed E-state index contributed by atoms with van der Waals surface area (Å²) >= 11 is 0. The van der Waals surface area contributed by atoms with Crippen molar-refractivity contribution in [1.29, 1.82) is 0 Å². The number of amides is 1. The second kappa shape index (κ2) is 6.57. The number of aryl methyl sites for hydroxylation is 1. The Morgan fingerprint density at radius 1 is 1.04 bits per heavy atom. The number of carbonyl (C=O) groups is 1. The van der Waals surface area contributed by atoms with Crippen LogP contribution in [0.25, 0.3) is 11.1 Å². The van der Waals surface area contributed by atoms with Crippen LogP contribution in [0.3, 0.4) is 0 Å². The van der Waals surface area contributed by atoms with Crippen molar-refractivity contribution >= 4 is 5.91 Å². The Morgan fingerprint density at radius 2 is 1.74 bits per heavy atom. The van der Waals surface area contributed by atoms with Crippen LogP contribution in [0, 0.1) is 6.92 Å². The Hall–Kier alpha value is -2.09. The van der Waals surface area contributed by atoms with Gasteiger partial charge in [-0.1, -0.05) is 42.5 Å². The first-order valence-electron chi connectivity index (χ1n) is 8.61. The zero-order chi connectivity index (χ0) is 16.4. The molecular formula is C21H25NO. The van der Waals surface area contributed by atoms with Crippen LogP contribution in [0.1, 0.15) is 42.9 Å². The van der Waals surface area contributed by atoms with Crippen molar-refractivity contribution < 1.29 is 4.79 Å². The number of rotatable bonds is 4. The van der Waals surface area contributed by atoms with E-state index in [1.165, 1.54) is 27.8 Å². The van der Waals surface area contributed by atoms with E-state index in [1.54, 1.807) is 0 Å². The van der Waals surface area contributed by atoms with Gasteiger partial charge >= 0.3 is 0 Å². The van der Waals surface area contributed by atoms with Crippen LogP contribution in [0.4, 0.5) is 0 Å². The van der Waals surface area contributed by atoms with Gasteiger partial charge in [-0.3, -0.25) is 4.79 Å². The summed E-state index contributed by atoms with van der Waals surface area (Å²) < 4.78 is 0. The van der Waals surface area contributed by atoms with Crippen LogP contribution >= 0.6 is 0 Å². The van der Waals surface area contributed by atoms with Crippen molar-refractivity contribution in [3.8, 4) is 11.1 Å². The molecule has 1 amide bonds. The summed E-state index contributed by atoms with van der Waals surface area (Å²) in [6.07, 6.45) is 1.57. The molecule has 1 atom stereocenters. The fourth-order valence-electron chi connectivity index (χ4n) is 3.78. The number of hydrogen-bond acceptors (Lipinski definition) is 1. The number of fused-ring (bicyclic) bond motifs is 3. The molecule has 1 aliphatic carbocycles. The monoisotopic (exact) mass is 307 g/mol. The highest BCUT2D eigenvalue weighted by atomic mass is 16.2. The topological polar surface area (TPSA) is 20.3 Å². The van der Waals surface area contributed by atoms with Gasteiger partial charge in [0.05, 0.1) is 0 Å². The molecule has 0 saturated carbocycles. The minimum Gasteiger partial charge on any atom is -0.343 e. The zero-order valence-electron chi connectivity index (χ0n) is 14.3. The van der Waals surface area contributed by atoms with Crippen molar-refractivity contribution in [2.75, 3.05) is 13.1 Å². The maximum atomic E-state index is 12.6. The van der Waals surface area contributed by atoms with Crippen LogP contribution in [-0.4, -0.2) is 23.9 Å². The molecule has 2 heteroatoms. The third kappa shape index (κ3) is 2.90. The molecule has 0 N–H and O–H groups in total. The van der Waals surface area contributed by atoms with E-state index < -0.39 is 0 Å². The fourth-order valence-corrected chi connectivity index (χ4v) is 3.78. The van der Waals surface area contributed by atoms with E-state index in [2.05, 4.69) is 63.2 Å². The molecule has 0 radical (unpaired) electrons. The van der Waals surface area contributed by atoms with Crippen molar-refractivity contribution in [2.45, 2.75) is 39.5 Å². The lowest BCUT2D eigenvalue weighted by molar-refractivity contribution is -0.131. The van der Waals surface area contributed by atoms with Gasteiger partial charge in [-0.2, -0.15) is 0 Å². The Morgan fingerprint density at radius 3 is 2.48 bits per heavy atom. The van der Waals surface area contributed by atoms with Crippen LogP contribution in [0.15, 0.2) is 42.5 Å². The van der Waals surface area contributed by atoms with E-state index in [9.17, 15) is 4.79 Å². The lowest BCUT2D eigenvalue weighted by Crippen LogP contribution is -2.32. The second-order valence-corrected chi connectivity index (χ2v) is 6.36. The first-order valence-corrected chi connectivity index (χ1v) is 8.61. The molecule has 0 aromatic heterocycles. The van der Waals surface area contributed by atoms with Gasteiger partial charge in [0.1, 0.15) is 0 Å². The predicted octanol–water partition coefficient (Wildman–Crippen LogP) is 4.56. The minimum absolute atomic E-state index is 0.270. The molecule has 3 rings (SSSR count). The van der Waals surface area contributed by atoms with Crippen molar-refractivity contribution in [3.63, 3.8) is 0 Å². The van der Waals surface area contributed by atoms with Crippen LogP contribution < -0.4 is 0 Å². The molecule has 1 unspecified atom stereocenters. The van der Waals surface area contributed by atoms with Crippen LogP contribution in [0.2, 0.25) is 0 Å². The van der Waals surface area contributed by atoms with E-state index in [1.807, 2.05) is 4.90 Å². The largest absolute Gasteiger partial charge is 0.343 e. The molecular weight excluding hydrogens is 282 g/mol. The van der Waals surface area contributed by atoms with Crippen molar-refractivity contribution in [2.24, 2.45) is 0 Å². The number of carbonyl (C=O) groups excluding carboxylic acids is 1. The Kier molecular flexibility index (Phi) is 4.51. The Labute approximate surface area is 139 Å². The lowest BCUT2D eigenvalue weighted by Gasteiger charge is -2.30. The number of benzene rings is 2. The highest BCUT2D eigenvalue weighted by molar-refractivity contribution is 5.80. The maximum Gasteiger partial charge on any atom is 0.223 e. The van der Waals surface area contributed by atoms with Crippen LogP contribution in [0.5, 0.6) is 0 Å². The number of hydrogen-bond donors (Lipinski definition) is 0. The maximum absolute atomic E-state index is 12.6. The fraction of sp³-hybridized carbons (Fsp3) is 0.381. The summed E-state index contributed by atoms with van der Waals surface area (Å²) in [5, 5.41) is 0. The molecule has 120 valence electrons. The minimum atomic E-state index is 0.270. The molecule has 0 bridgehead atoms. The molecule has 0 saturated heterocycles. The zero-order valence-corrected chi connectivity index (χ0v) is 14.3. The molecule has 2 aromatic rings. The molecule has 2 nitrogen and oxygen atoms in total. The molecule has 0 fully saturated rings. The van der Waals surface area contributed by atoms with Gasteiger partial charge in [0.25, 0.3) is 0 Å². The van der Waals surface area contributed by atoms with Gasteiger partial charge in [0.2, 0.25) is 5.91 Å². The third-order valence-electron chi connectivity index (χ3n) is 5.09. The summed E-state index contributed by atoms with van der Waals surface area (Å²) in [6.45, 7) is 7.86. The summed E-state index contributed by atoms with van der Waals surface area (Å²) in [4.78, 5) is 14.5. The van der Waals surface area contributed by atoms with E-state index in [4.69, 9.17) is 0 Å². The Balaban J connectivity index is 1.98. The molecule has 0 spiro atoms. The smallest absolute Gasteiger partial charge is 0.223 e. The normalized spacial score (nSPS) is 15.7. The lowest BCUT2D eigenvalue weighted by atomic mass is 9.76. The highest BCUT2D eigenvalue weighted by Gasteiger charge is 2.27. The van der Waals surface area contributed by atoms with Crippen molar-refractivity contribution in [3.05, 3.63) is 59.2 Å². The molecule has 1 aliphatic rings. The summed E-state index contributed by atoms with van der Waals surface area (Å²) in [5.41, 5.74) is 6.70. The quantitative estimate of drug-likeness (QED) is 0.811. The van der Waals surface area contributed by atoms with E-state index in [0.717, 1.165) is 19.5 Å². The summed E-state index contributed by atoms with van der Waals surface area (Å²) in [7, 11) is 0. The molecule has 0 aliphatic heterocycles. The average Bonchev–Trinajstić information content (AvgIpc) is 2.57. The Bertz CT molecular complexity index is 716. The van der Waals surface area contributed by atoms with Gasteiger partial charge in [-0.15, -0.1) is 0 Å². The summed E-state index contributed by atoms with van der Waals surface area (Å²) in [5.74, 6) is 0.555. The third-order valence-corrected chi connectivity index (χ3v) is 5.09. The molecule has 23 heavy (non-hydrogen) atoms. The number of nitrogens with zero attached hydrogens (tertiary/aromatic N) is 1. The highest BCUT2D eigenvalue weighted by Crippen LogP contribution is 2.42. The predicted molar refractivity (Wildman–Crippen MR) is 95.6 cm³/mol. The average molecular weight is 307 g/mol. The van der Waals surface area contributed by atoms with Gasteiger partial charge < -0.3 is 4.90 Å². The van der Waals surface area contributed by atoms with Gasteiger partial charge in [-0.05, 0) is 60.9 Å². The first-order chi connectivity index (χ1) is 11.2. The van der Waals surface area contributed by atoms with E-state index in [-0.39, 0.29) is 11.8 Å². The summed E-state index contributed by atoms with van der Waals surface area (Å²) in [6, 6.07) is 15.1. The standard InChI is InChI=1S/C21H25NO/c1-4-22(5-2)21(23)14-16-13-20-15(3)9-8-12-19(20)18-11-7-6-10-17(16)18/h6-12,16H,4-5,13-14H2,1-3H3. The second-order valence-electron chi connectivity index (χ2n) is 6.36.